The van der Waals surface area contributed by atoms with Crippen LogP contribution in [0.3, 0.4) is 0 Å². The van der Waals surface area contributed by atoms with Crippen LogP contribution >= 0.6 is 22.6 Å². The highest BCUT2D eigenvalue weighted by Crippen LogP contribution is 2.46. The highest BCUT2D eigenvalue weighted by atomic mass is 127. The second-order valence-corrected chi connectivity index (χ2v) is 7.08. The summed E-state index contributed by atoms with van der Waals surface area (Å²) in [6, 6.07) is 4.13. The van der Waals surface area contributed by atoms with E-state index in [9.17, 15) is 9.59 Å². The van der Waals surface area contributed by atoms with Crippen molar-refractivity contribution in [1.29, 1.82) is 0 Å². The van der Waals surface area contributed by atoms with E-state index in [1.807, 2.05) is 13.8 Å². The molecule has 2 fully saturated rings. The third kappa shape index (κ3) is 1.97. The predicted octanol–water partition coefficient (Wildman–Crippen LogP) is 3.56. The Morgan fingerprint density at radius 2 is 1.47 bits per heavy atom. The van der Waals surface area contributed by atoms with Crippen molar-refractivity contribution in [2.45, 2.75) is 39.0 Å². The summed E-state index contributed by atoms with van der Waals surface area (Å²) in [7, 11) is 0. The van der Waals surface area contributed by atoms with Crippen molar-refractivity contribution in [3.05, 3.63) is 32.4 Å². The molecular weight excluding hydrogens is 351 g/mol. The van der Waals surface area contributed by atoms with Gasteiger partial charge in [0.15, 0.2) is 11.6 Å². The van der Waals surface area contributed by atoms with E-state index in [4.69, 9.17) is 0 Å². The molecular formula is C16H17IO2. The van der Waals surface area contributed by atoms with Crippen molar-refractivity contribution in [2.24, 2.45) is 11.8 Å². The summed E-state index contributed by atoms with van der Waals surface area (Å²) in [4.78, 5) is 25.1. The Kier molecular flexibility index (Phi) is 3.28. The lowest BCUT2D eigenvalue weighted by Gasteiger charge is -2.16. The summed E-state index contributed by atoms with van der Waals surface area (Å²) in [6.45, 7) is 4.03. The number of halogens is 1. The molecule has 3 rings (SSSR count). The fraction of sp³-hybridized carbons (Fsp3) is 0.500. The minimum Gasteiger partial charge on any atom is -0.298 e. The maximum atomic E-state index is 12.6. The summed E-state index contributed by atoms with van der Waals surface area (Å²) in [5.41, 5.74) is 3.14. The van der Waals surface area contributed by atoms with Crippen LogP contribution in [0.4, 0.5) is 0 Å². The Bertz CT molecular complexity index is 531. The largest absolute Gasteiger partial charge is 0.298 e. The van der Waals surface area contributed by atoms with Gasteiger partial charge in [0.1, 0.15) is 5.92 Å². The van der Waals surface area contributed by atoms with E-state index < -0.39 is 5.92 Å². The minimum atomic E-state index is -0.479. The molecule has 0 N–H and O–H groups in total. The second-order valence-electron chi connectivity index (χ2n) is 5.83. The zero-order valence-corrected chi connectivity index (χ0v) is 13.4. The standard InChI is InChI=1S/C16H17IO2/c1-8-6-10(17)7-9(2)13(8)14-15(18)11-4-3-5-12(11)16(14)19/h6-7,11-12,14H,3-5H2,1-2H3. The van der Waals surface area contributed by atoms with Crippen LogP contribution in [0.15, 0.2) is 12.1 Å². The number of ketones is 2. The first-order valence-electron chi connectivity index (χ1n) is 6.85. The van der Waals surface area contributed by atoms with E-state index in [0.29, 0.717) is 0 Å². The van der Waals surface area contributed by atoms with Gasteiger partial charge in [0, 0.05) is 15.4 Å². The van der Waals surface area contributed by atoms with Gasteiger partial charge in [-0.1, -0.05) is 6.42 Å². The molecule has 1 aromatic rings. The lowest BCUT2D eigenvalue weighted by atomic mass is 9.86. The molecule has 0 saturated heterocycles. The molecule has 0 bridgehead atoms. The number of hydrogen-bond acceptors (Lipinski definition) is 2. The van der Waals surface area contributed by atoms with Gasteiger partial charge in [-0.15, -0.1) is 0 Å². The van der Waals surface area contributed by atoms with E-state index in [1.54, 1.807) is 0 Å². The third-order valence-corrected chi connectivity index (χ3v) is 5.29. The highest BCUT2D eigenvalue weighted by molar-refractivity contribution is 14.1. The minimum absolute atomic E-state index is 0.00979. The van der Waals surface area contributed by atoms with Gasteiger partial charge in [-0.2, -0.15) is 0 Å². The topological polar surface area (TPSA) is 34.1 Å². The Balaban J connectivity index is 2.08. The highest BCUT2D eigenvalue weighted by Gasteiger charge is 2.52. The van der Waals surface area contributed by atoms with Crippen LogP contribution in [-0.2, 0) is 9.59 Å². The molecule has 2 atom stereocenters. The van der Waals surface area contributed by atoms with Crippen LogP contribution in [0, 0.1) is 29.3 Å². The zero-order valence-electron chi connectivity index (χ0n) is 11.2. The SMILES string of the molecule is Cc1cc(I)cc(C)c1C1C(=O)C2CCCC2C1=O. The van der Waals surface area contributed by atoms with Gasteiger partial charge in [0.2, 0.25) is 0 Å². The normalized spacial score (nSPS) is 29.9. The van der Waals surface area contributed by atoms with Gasteiger partial charge in [-0.25, -0.2) is 0 Å². The molecule has 1 aromatic carbocycles. The Hall–Kier alpha value is -0.710. The number of Topliss-reactive ketones (excluding diaryl/α,β-unsaturated/α-hetero) is 2. The van der Waals surface area contributed by atoms with Crippen LogP contribution in [-0.4, -0.2) is 11.6 Å². The molecule has 19 heavy (non-hydrogen) atoms. The first kappa shape index (κ1) is 13.3. The number of rotatable bonds is 1. The number of aryl methyl sites for hydroxylation is 2. The second kappa shape index (κ2) is 4.69. The van der Waals surface area contributed by atoms with Crippen molar-refractivity contribution in [3.63, 3.8) is 0 Å². The molecule has 0 amide bonds. The Labute approximate surface area is 127 Å². The van der Waals surface area contributed by atoms with E-state index in [2.05, 4.69) is 34.7 Å². The summed E-state index contributed by atoms with van der Waals surface area (Å²) in [5.74, 6) is -0.0988. The van der Waals surface area contributed by atoms with Gasteiger partial charge in [-0.3, -0.25) is 9.59 Å². The van der Waals surface area contributed by atoms with E-state index in [-0.39, 0.29) is 23.4 Å². The third-order valence-electron chi connectivity index (χ3n) is 4.66. The van der Waals surface area contributed by atoms with Crippen LogP contribution < -0.4 is 0 Å². The molecule has 0 aromatic heterocycles. The van der Waals surface area contributed by atoms with Crippen molar-refractivity contribution >= 4 is 34.2 Å². The molecule has 0 heterocycles. The molecule has 0 radical (unpaired) electrons. The number of benzene rings is 1. The van der Waals surface area contributed by atoms with Gasteiger partial charge in [-0.05, 0) is 78.1 Å². The quantitative estimate of drug-likeness (QED) is 0.561. The van der Waals surface area contributed by atoms with Crippen LogP contribution in [0.5, 0.6) is 0 Å². The number of carbonyl (C=O) groups is 2. The fourth-order valence-corrected chi connectivity index (χ4v) is 4.81. The predicted molar refractivity (Wildman–Crippen MR) is 82.2 cm³/mol. The van der Waals surface area contributed by atoms with Crippen molar-refractivity contribution in [1.82, 2.24) is 0 Å². The van der Waals surface area contributed by atoms with E-state index >= 15 is 0 Å². The monoisotopic (exact) mass is 368 g/mol. The number of hydrogen-bond donors (Lipinski definition) is 0. The van der Waals surface area contributed by atoms with Gasteiger partial charge >= 0.3 is 0 Å². The molecule has 2 aliphatic rings. The summed E-state index contributed by atoms with van der Waals surface area (Å²) in [6.07, 6.45) is 2.85. The zero-order chi connectivity index (χ0) is 13.7. The number of carbonyl (C=O) groups excluding carboxylic acids is 2. The average molecular weight is 368 g/mol. The molecule has 2 aliphatic carbocycles. The van der Waals surface area contributed by atoms with Gasteiger partial charge < -0.3 is 0 Å². The first-order valence-corrected chi connectivity index (χ1v) is 7.92. The fourth-order valence-electron chi connectivity index (χ4n) is 3.87. The summed E-state index contributed by atoms with van der Waals surface area (Å²) >= 11 is 2.28. The molecule has 2 unspecified atom stereocenters. The average Bonchev–Trinajstić information content (AvgIpc) is 2.87. The summed E-state index contributed by atoms with van der Waals surface area (Å²) < 4.78 is 1.16. The van der Waals surface area contributed by atoms with Crippen molar-refractivity contribution < 1.29 is 9.59 Å². The van der Waals surface area contributed by atoms with Gasteiger partial charge in [0.25, 0.3) is 0 Å². The van der Waals surface area contributed by atoms with Crippen molar-refractivity contribution in [2.75, 3.05) is 0 Å². The molecule has 2 saturated carbocycles. The smallest absolute Gasteiger partial charge is 0.151 e. The van der Waals surface area contributed by atoms with Gasteiger partial charge in [0.05, 0.1) is 0 Å². The van der Waals surface area contributed by atoms with Crippen LogP contribution in [0.1, 0.15) is 41.9 Å². The van der Waals surface area contributed by atoms with Crippen LogP contribution in [0.25, 0.3) is 0 Å². The summed E-state index contributed by atoms with van der Waals surface area (Å²) in [5, 5.41) is 0. The maximum Gasteiger partial charge on any atom is 0.151 e. The molecule has 100 valence electrons. The van der Waals surface area contributed by atoms with Crippen molar-refractivity contribution in [3.8, 4) is 0 Å². The molecule has 3 heteroatoms. The number of fused-ring (bicyclic) bond motifs is 1. The molecule has 0 spiro atoms. The van der Waals surface area contributed by atoms with E-state index in [0.717, 1.165) is 39.5 Å². The molecule has 0 aliphatic heterocycles. The lowest BCUT2D eigenvalue weighted by molar-refractivity contribution is -0.125. The molecule has 2 nitrogen and oxygen atoms in total. The Morgan fingerprint density at radius 1 is 1.00 bits per heavy atom. The Morgan fingerprint density at radius 3 is 1.95 bits per heavy atom. The first-order chi connectivity index (χ1) is 9.00. The van der Waals surface area contributed by atoms with Crippen LogP contribution in [0.2, 0.25) is 0 Å². The maximum absolute atomic E-state index is 12.6. The lowest BCUT2D eigenvalue weighted by Crippen LogP contribution is -2.18. The van der Waals surface area contributed by atoms with E-state index in [1.165, 1.54) is 0 Å².